The van der Waals surface area contributed by atoms with Crippen molar-refractivity contribution in [2.45, 2.75) is 31.3 Å². The van der Waals surface area contributed by atoms with E-state index in [1.54, 1.807) is 11.8 Å². The van der Waals surface area contributed by atoms with E-state index in [1.165, 1.54) is 0 Å². The third kappa shape index (κ3) is 5.18. The molecule has 0 radical (unpaired) electrons. The second-order valence-electron chi connectivity index (χ2n) is 6.81. The number of thioether (sulfide) groups is 1. The monoisotopic (exact) mass is 413 g/mol. The minimum Gasteiger partial charge on any atom is -0.493 e. The zero-order valence-electron chi connectivity index (χ0n) is 16.1. The fourth-order valence-electron chi connectivity index (χ4n) is 2.62. The molecule has 0 bridgehead atoms. The van der Waals surface area contributed by atoms with E-state index in [9.17, 15) is 0 Å². The van der Waals surface area contributed by atoms with Crippen molar-refractivity contribution >= 4 is 23.4 Å². The number of halogens is 1. The third-order valence-electron chi connectivity index (χ3n) is 4.04. The first kappa shape index (κ1) is 20.5. The molecule has 146 valence electrons. The van der Waals surface area contributed by atoms with Gasteiger partial charge in [0, 0.05) is 22.9 Å². The van der Waals surface area contributed by atoms with E-state index < -0.39 is 0 Å². The molecule has 3 aromatic rings. The van der Waals surface area contributed by atoms with E-state index in [0.29, 0.717) is 19.1 Å². The molecule has 3 rings (SSSR count). The average molecular weight is 414 g/mol. The molecule has 0 saturated heterocycles. The van der Waals surface area contributed by atoms with Gasteiger partial charge in [0.1, 0.15) is 5.75 Å². The van der Waals surface area contributed by atoms with Crippen molar-refractivity contribution in [2.75, 3.05) is 6.61 Å². The minimum atomic E-state index is 0.494. The number of ether oxygens (including phenoxy) is 1. The molecule has 0 aliphatic rings. The Balaban J connectivity index is 1.78. The van der Waals surface area contributed by atoms with Gasteiger partial charge in [0.25, 0.3) is 0 Å². The Morgan fingerprint density at radius 3 is 2.57 bits per heavy atom. The highest BCUT2D eigenvalue weighted by Crippen LogP contribution is 2.29. The number of hydrogen-bond acceptors (Lipinski definition) is 4. The summed E-state index contributed by atoms with van der Waals surface area (Å²) in [5.74, 6) is 2.90. The fourth-order valence-corrected chi connectivity index (χ4v) is 3.86. The summed E-state index contributed by atoms with van der Waals surface area (Å²) < 4.78 is 7.83. The maximum Gasteiger partial charge on any atom is 0.192 e. The Morgan fingerprint density at radius 2 is 1.89 bits per heavy atom. The second-order valence-corrected chi connectivity index (χ2v) is 8.16. The van der Waals surface area contributed by atoms with Crippen LogP contribution in [-0.4, -0.2) is 21.4 Å². The van der Waals surface area contributed by atoms with Crippen LogP contribution in [0.25, 0.3) is 11.4 Å². The molecule has 0 atom stereocenters. The van der Waals surface area contributed by atoms with Gasteiger partial charge in [-0.2, -0.15) is 0 Å². The van der Waals surface area contributed by atoms with Crippen molar-refractivity contribution in [1.29, 1.82) is 0 Å². The molecule has 2 aromatic carbocycles. The van der Waals surface area contributed by atoms with E-state index in [1.807, 2.05) is 54.6 Å². The predicted octanol–water partition coefficient (Wildman–Crippen LogP) is 6.11. The van der Waals surface area contributed by atoms with Crippen LogP contribution in [0.4, 0.5) is 0 Å². The van der Waals surface area contributed by atoms with E-state index in [4.69, 9.17) is 16.3 Å². The van der Waals surface area contributed by atoms with Gasteiger partial charge in [0.05, 0.1) is 6.61 Å². The van der Waals surface area contributed by atoms with E-state index in [0.717, 1.165) is 38.6 Å². The van der Waals surface area contributed by atoms with Crippen LogP contribution in [0.5, 0.6) is 5.75 Å². The Morgan fingerprint density at radius 1 is 1.14 bits per heavy atom. The van der Waals surface area contributed by atoms with Crippen LogP contribution in [0.2, 0.25) is 5.02 Å². The molecule has 0 aliphatic carbocycles. The van der Waals surface area contributed by atoms with Crippen LogP contribution < -0.4 is 4.74 Å². The second kappa shape index (κ2) is 9.80. The first-order valence-corrected chi connectivity index (χ1v) is 10.6. The predicted molar refractivity (Wildman–Crippen MR) is 117 cm³/mol. The zero-order valence-corrected chi connectivity index (χ0v) is 17.7. The fraction of sp³-hybridized carbons (Fsp3) is 0.273. The molecule has 0 saturated carbocycles. The number of rotatable bonds is 9. The lowest BCUT2D eigenvalue weighted by Crippen LogP contribution is -2.04. The molecule has 1 aromatic heterocycles. The Bertz CT molecular complexity index is 922. The highest BCUT2D eigenvalue weighted by molar-refractivity contribution is 7.98. The van der Waals surface area contributed by atoms with E-state index in [2.05, 4.69) is 35.2 Å². The van der Waals surface area contributed by atoms with Crippen molar-refractivity contribution in [3.8, 4) is 17.1 Å². The Labute approximate surface area is 175 Å². The summed E-state index contributed by atoms with van der Waals surface area (Å²) in [7, 11) is 0. The van der Waals surface area contributed by atoms with Crippen molar-refractivity contribution in [3.63, 3.8) is 0 Å². The summed E-state index contributed by atoms with van der Waals surface area (Å²) in [4.78, 5) is 0. The van der Waals surface area contributed by atoms with Gasteiger partial charge in [-0.3, -0.25) is 4.57 Å². The average Bonchev–Trinajstić information content (AvgIpc) is 3.09. The summed E-state index contributed by atoms with van der Waals surface area (Å²) in [5.41, 5.74) is 2.08. The van der Waals surface area contributed by atoms with Gasteiger partial charge in [0.2, 0.25) is 0 Å². The SMILES string of the molecule is C=CCn1c(SCc2ccccc2Cl)nnc1-c1ccc(OCC(C)C)cc1. The summed E-state index contributed by atoms with van der Waals surface area (Å²) in [5, 5.41) is 10.4. The molecule has 0 aliphatic heterocycles. The van der Waals surface area contributed by atoms with Crippen LogP contribution in [-0.2, 0) is 12.3 Å². The molecule has 6 heteroatoms. The number of benzene rings is 2. The molecule has 0 fully saturated rings. The van der Waals surface area contributed by atoms with Crippen LogP contribution >= 0.6 is 23.4 Å². The molecule has 0 amide bonds. The number of nitrogens with zero attached hydrogens (tertiary/aromatic N) is 3. The van der Waals surface area contributed by atoms with Gasteiger partial charge in [-0.25, -0.2) is 0 Å². The smallest absolute Gasteiger partial charge is 0.192 e. The number of hydrogen-bond donors (Lipinski definition) is 0. The normalized spacial score (nSPS) is 11.0. The van der Waals surface area contributed by atoms with E-state index >= 15 is 0 Å². The number of aromatic nitrogens is 3. The van der Waals surface area contributed by atoms with Crippen LogP contribution in [0, 0.1) is 5.92 Å². The van der Waals surface area contributed by atoms with Gasteiger partial charge in [-0.15, -0.1) is 16.8 Å². The first-order valence-electron chi connectivity index (χ1n) is 9.22. The van der Waals surface area contributed by atoms with Crippen molar-refractivity contribution in [2.24, 2.45) is 5.92 Å². The number of allylic oxidation sites excluding steroid dienone is 1. The van der Waals surface area contributed by atoms with Crippen LogP contribution in [0.1, 0.15) is 19.4 Å². The maximum absolute atomic E-state index is 6.27. The summed E-state index contributed by atoms with van der Waals surface area (Å²) in [6, 6.07) is 15.8. The topological polar surface area (TPSA) is 39.9 Å². The lowest BCUT2D eigenvalue weighted by atomic mass is 10.2. The van der Waals surface area contributed by atoms with Gasteiger partial charge in [0.15, 0.2) is 11.0 Å². The molecule has 1 heterocycles. The first-order chi connectivity index (χ1) is 13.6. The third-order valence-corrected chi connectivity index (χ3v) is 5.42. The quantitative estimate of drug-likeness (QED) is 0.313. The maximum atomic E-state index is 6.27. The van der Waals surface area contributed by atoms with Crippen LogP contribution in [0.3, 0.4) is 0 Å². The van der Waals surface area contributed by atoms with Gasteiger partial charge in [-0.1, -0.05) is 61.5 Å². The minimum absolute atomic E-state index is 0.494. The Hall–Kier alpha value is -2.24. The molecule has 0 spiro atoms. The summed E-state index contributed by atoms with van der Waals surface area (Å²) >= 11 is 7.88. The highest BCUT2D eigenvalue weighted by atomic mass is 35.5. The molecule has 0 N–H and O–H groups in total. The molecule has 28 heavy (non-hydrogen) atoms. The van der Waals surface area contributed by atoms with Crippen molar-refractivity contribution in [1.82, 2.24) is 14.8 Å². The van der Waals surface area contributed by atoms with Gasteiger partial charge >= 0.3 is 0 Å². The largest absolute Gasteiger partial charge is 0.493 e. The van der Waals surface area contributed by atoms with Crippen molar-refractivity contribution < 1.29 is 4.74 Å². The Kier molecular flexibility index (Phi) is 7.18. The molecule has 0 unspecified atom stereocenters. The van der Waals surface area contributed by atoms with E-state index in [-0.39, 0.29) is 0 Å². The summed E-state index contributed by atoms with van der Waals surface area (Å²) in [6.45, 7) is 9.48. The lowest BCUT2D eigenvalue weighted by molar-refractivity contribution is 0.271. The van der Waals surface area contributed by atoms with Crippen molar-refractivity contribution in [3.05, 3.63) is 71.8 Å². The molecular formula is C22H24ClN3OS. The summed E-state index contributed by atoms with van der Waals surface area (Å²) in [6.07, 6.45) is 1.85. The van der Waals surface area contributed by atoms with Crippen LogP contribution in [0.15, 0.2) is 66.3 Å². The van der Waals surface area contributed by atoms with Gasteiger partial charge in [-0.05, 0) is 41.8 Å². The molecular weight excluding hydrogens is 390 g/mol. The van der Waals surface area contributed by atoms with Gasteiger partial charge < -0.3 is 4.74 Å². The standard InChI is InChI=1S/C22H24ClN3OS/c1-4-13-26-21(17-9-11-19(12-10-17)27-14-16(2)3)24-25-22(26)28-15-18-7-5-6-8-20(18)23/h4-12,16H,1,13-15H2,2-3H3. The molecule has 4 nitrogen and oxygen atoms in total. The highest BCUT2D eigenvalue weighted by Gasteiger charge is 2.14. The zero-order chi connectivity index (χ0) is 19.9. The lowest BCUT2D eigenvalue weighted by Gasteiger charge is -2.10.